The predicted molar refractivity (Wildman–Crippen MR) is 249 cm³/mol. The highest BCUT2D eigenvalue weighted by atomic mass is 15.0. The summed E-state index contributed by atoms with van der Waals surface area (Å²) in [5, 5.41) is 10.6. The fourth-order valence-corrected chi connectivity index (χ4v) is 13.7. The second kappa shape index (κ2) is 12.3. The zero-order chi connectivity index (χ0) is 39.1. The molecule has 0 N–H and O–H groups in total. The lowest BCUT2D eigenvalue weighted by Crippen LogP contribution is -2.42. The van der Waals surface area contributed by atoms with Crippen molar-refractivity contribution in [1.82, 2.24) is 9.38 Å². The maximum atomic E-state index is 5.28. The van der Waals surface area contributed by atoms with Gasteiger partial charge in [0, 0.05) is 18.0 Å². The van der Waals surface area contributed by atoms with E-state index in [1.807, 2.05) is 0 Å². The van der Waals surface area contributed by atoms with Gasteiger partial charge in [-0.2, -0.15) is 0 Å². The van der Waals surface area contributed by atoms with Crippen LogP contribution >= 0.6 is 0 Å². The van der Waals surface area contributed by atoms with Crippen molar-refractivity contribution in [3.05, 3.63) is 193 Å². The summed E-state index contributed by atoms with van der Waals surface area (Å²) in [7, 11) is 0. The van der Waals surface area contributed by atoms with Gasteiger partial charge in [-0.25, -0.2) is 4.98 Å². The summed E-state index contributed by atoms with van der Waals surface area (Å²) in [5.74, 6) is 3.02. The van der Waals surface area contributed by atoms with E-state index in [-0.39, 0.29) is 0 Å². The first-order chi connectivity index (χ1) is 29.7. The van der Waals surface area contributed by atoms with Gasteiger partial charge in [-0.15, -0.1) is 0 Å². The van der Waals surface area contributed by atoms with Crippen LogP contribution in [0.3, 0.4) is 0 Å². The van der Waals surface area contributed by atoms with Gasteiger partial charge in [-0.3, -0.25) is 0 Å². The summed E-state index contributed by atoms with van der Waals surface area (Å²) in [4.78, 5) is 5.28. The summed E-state index contributed by atoms with van der Waals surface area (Å²) in [6.45, 7) is 0. The van der Waals surface area contributed by atoms with E-state index in [9.17, 15) is 0 Å². The average Bonchev–Trinajstić information content (AvgIpc) is 3.90. The van der Waals surface area contributed by atoms with Crippen LogP contribution in [0.1, 0.15) is 66.5 Å². The topological polar surface area (TPSA) is 17.3 Å². The molecule has 0 saturated heterocycles. The maximum absolute atomic E-state index is 5.28. The molecule has 4 aliphatic carbocycles. The third-order valence-electron chi connectivity index (χ3n) is 16.0. The Hall–Kier alpha value is -6.51. The van der Waals surface area contributed by atoms with Gasteiger partial charge in [0.1, 0.15) is 5.65 Å². The Morgan fingerprint density at radius 1 is 0.517 bits per heavy atom. The Bertz CT molecular complexity index is 3390. The van der Waals surface area contributed by atoms with Crippen LogP contribution in [0.25, 0.3) is 82.2 Å². The molecular formula is C58H44N2. The van der Waals surface area contributed by atoms with E-state index in [1.54, 1.807) is 11.1 Å². The van der Waals surface area contributed by atoms with E-state index < -0.39 is 0 Å². The fraction of sp³-hybridized carbons (Fsp3) is 0.190. The van der Waals surface area contributed by atoms with Crippen molar-refractivity contribution >= 4 is 48.7 Å². The van der Waals surface area contributed by atoms with Crippen molar-refractivity contribution in [1.29, 1.82) is 0 Å². The number of nitrogens with zero attached hydrogens (tertiary/aromatic N) is 2. The molecule has 0 aliphatic heterocycles. The van der Waals surface area contributed by atoms with Crippen molar-refractivity contribution in [2.45, 2.75) is 49.9 Å². The molecule has 2 heteroatoms. The summed E-state index contributed by atoms with van der Waals surface area (Å²) < 4.78 is 2.18. The molecule has 10 aromatic rings. The molecular weight excluding hydrogens is 725 g/mol. The summed E-state index contributed by atoms with van der Waals surface area (Å²) in [6.07, 6.45) is 11.0. The number of rotatable bonds is 3. The van der Waals surface area contributed by atoms with Crippen LogP contribution < -0.4 is 0 Å². The Labute approximate surface area is 350 Å². The minimum Gasteiger partial charge on any atom is -0.306 e. The molecule has 1 spiro atoms. The first-order valence-corrected chi connectivity index (χ1v) is 22.3. The molecule has 6 atom stereocenters. The van der Waals surface area contributed by atoms with Gasteiger partial charge in [-0.1, -0.05) is 140 Å². The van der Waals surface area contributed by atoms with Gasteiger partial charge in [0.15, 0.2) is 0 Å². The molecule has 60 heavy (non-hydrogen) atoms. The molecule has 4 aliphatic rings. The van der Waals surface area contributed by atoms with Crippen molar-refractivity contribution in [2.75, 3.05) is 0 Å². The van der Waals surface area contributed by atoms with Gasteiger partial charge in [-0.05, 0) is 173 Å². The Kier molecular flexibility index (Phi) is 6.82. The number of hydrogen-bond acceptors (Lipinski definition) is 1. The molecule has 8 aromatic carbocycles. The highest BCUT2D eigenvalue weighted by Gasteiger charge is 2.69. The van der Waals surface area contributed by atoms with E-state index in [0.717, 1.165) is 17.3 Å². The van der Waals surface area contributed by atoms with Crippen molar-refractivity contribution < 1.29 is 0 Å². The number of fused-ring (bicyclic) bond motifs is 15. The van der Waals surface area contributed by atoms with E-state index in [2.05, 4.69) is 181 Å². The minimum atomic E-state index is 0.352. The third-order valence-corrected chi connectivity index (χ3v) is 16.0. The zero-order valence-electron chi connectivity index (χ0n) is 33.6. The first-order valence-electron chi connectivity index (χ1n) is 22.3. The van der Waals surface area contributed by atoms with Crippen LogP contribution in [0.2, 0.25) is 0 Å². The lowest BCUT2D eigenvalue weighted by molar-refractivity contribution is 0.0793. The lowest BCUT2D eigenvalue weighted by Gasteiger charge is -2.54. The highest BCUT2D eigenvalue weighted by molar-refractivity contribution is 6.33. The van der Waals surface area contributed by atoms with E-state index in [4.69, 9.17) is 4.98 Å². The van der Waals surface area contributed by atoms with Gasteiger partial charge in [0.25, 0.3) is 0 Å². The second-order valence-electron chi connectivity index (χ2n) is 18.6. The normalized spacial score (nSPS) is 23.9. The summed E-state index contributed by atoms with van der Waals surface area (Å²) in [5.41, 5.74) is 13.8. The van der Waals surface area contributed by atoms with Crippen LogP contribution in [-0.2, 0) is 0 Å². The fourth-order valence-electron chi connectivity index (χ4n) is 13.7. The van der Waals surface area contributed by atoms with Crippen LogP contribution in [-0.4, -0.2) is 9.38 Å². The average molecular weight is 769 g/mol. The summed E-state index contributed by atoms with van der Waals surface area (Å²) >= 11 is 0. The highest BCUT2D eigenvalue weighted by Crippen LogP contribution is 2.79. The van der Waals surface area contributed by atoms with Crippen LogP contribution in [0.15, 0.2) is 176 Å². The molecule has 2 heterocycles. The second-order valence-corrected chi connectivity index (χ2v) is 18.6. The number of hydrogen-bond donors (Lipinski definition) is 0. The Morgan fingerprint density at radius 2 is 1.15 bits per heavy atom. The van der Waals surface area contributed by atoms with Gasteiger partial charge >= 0.3 is 0 Å². The molecule has 3 saturated carbocycles. The number of benzene rings is 8. The standard InChI is InChI=1S/C58H44N2/c1-3-19-43-39(15-1)41-17-5-8-22-46(41)56-47-23-9-6-21-45(47)49(31-51(43)56)35-28-36(30-37(29-35)54-34-60-27-12-11-26-55(60)59-54)50-32-52-44-20-4-2-16-40(44)42-18-7-10-24-48(42)57(52)58-33-38(58)14-13-25-53(50)58/h1-12,15-24,26-31,34,38,50,52-53,57H,13-14,25,32-33H2/t38?,50?,52?,53?,57?,58-/m1/s1. The van der Waals surface area contributed by atoms with Crippen LogP contribution in [0.5, 0.6) is 0 Å². The molecule has 2 aromatic heterocycles. The Balaban J connectivity index is 1.03. The van der Waals surface area contributed by atoms with Gasteiger partial charge < -0.3 is 4.40 Å². The van der Waals surface area contributed by atoms with Crippen molar-refractivity contribution in [3.63, 3.8) is 0 Å². The monoisotopic (exact) mass is 768 g/mol. The number of aromatic nitrogens is 2. The smallest absolute Gasteiger partial charge is 0.137 e. The van der Waals surface area contributed by atoms with Crippen molar-refractivity contribution in [3.8, 4) is 33.5 Å². The largest absolute Gasteiger partial charge is 0.306 e. The van der Waals surface area contributed by atoms with Crippen molar-refractivity contribution in [2.24, 2.45) is 17.3 Å². The molecule has 5 unspecified atom stereocenters. The predicted octanol–water partition coefficient (Wildman–Crippen LogP) is 15.1. The van der Waals surface area contributed by atoms with Gasteiger partial charge in [0.05, 0.1) is 5.69 Å². The molecule has 2 nitrogen and oxygen atoms in total. The number of pyridine rings is 1. The first kappa shape index (κ1) is 33.3. The molecule has 0 bridgehead atoms. The van der Waals surface area contributed by atoms with Crippen LogP contribution in [0, 0.1) is 17.3 Å². The van der Waals surface area contributed by atoms with Gasteiger partial charge in [0.2, 0.25) is 0 Å². The SMILES string of the molecule is c1ccc2c(c1)-c1ccccc1C1C2CC(c2cc(-c3cn4ccccc4n3)cc(-c3cc4c5ccccc5c5ccccc5c4c4ccccc34)c2)C2CCCC3C[C@@]321. The molecule has 14 rings (SSSR count). The zero-order valence-corrected chi connectivity index (χ0v) is 33.6. The van der Waals surface area contributed by atoms with E-state index in [1.165, 1.54) is 109 Å². The minimum absolute atomic E-state index is 0.352. The third kappa shape index (κ3) is 4.52. The Morgan fingerprint density at radius 3 is 1.95 bits per heavy atom. The molecule has 0 amide bonds. The molecule has 3 fully saturated rings. The molecule has 0 radical (unpaired) electrons. The van der Waals surface area contributed by atoms with E-state index in [0.29, 0.717) is 29.1 Å². The van der Waals surface area contributed by atoms with Crippen LogP contribution in [0.4, 0.5) is 0 Å². The quantitative estimate of drug-likeness (QED) is 0.164. The summed E-state index contributed by atoms with van der Waals surface area (Å²) in [6, 6.07) is 62.6. The lowest BCUT2D eigenvalue weighted by atomic mass is 9.50. The molecule has 286 valence electrons. The van der Waals surface area contributed by atoms with E-state index >= 15 is 0 Å². The number of imidazole rings is 1. The maximum Gasteiger partial charge on any atom is 0.137 e.